The average Bonchev–Trinajstić information content (AvgIpc) is 3.15. The van der Waals surface area contributed by atoms with Gasteiger partial charge in [-0.05, 0) is 47.9 Å². The van der Waals surface area contributed by atoms with Crippen molar-refractivity contribution in [2.75, 3.05) is 11.9 Å². The lowest BCUT2D eigenvalue weighted by atomic mass is 9.95. The van der Waals surface area contributed by atoms with Crippen molar-refractivity contribution in [1.82, 2.24) is 20.2 Å². The molecule has 2 atom stereocenters. The van der Waals surface area contributed by atoms with Crippen LogP contribution in [0.4, 0.5) is 5.69 Å². The Hall–Kier alpha value is -2.28. The number of nitrogens with one attached hydrogen (secondary N) is 1. The SMILES string of the molecule is Cn1nnnc1-c1cccc(NC(=O)[C@@H]2CCC[C@@H]2CN)c1. The molecule has 0 unspecified atom stereocenters. The van der Waals surface area contributed by atoms with Gasteiger partial charge in [0.1, 0.15) is 0 Å². The normalized spacial score (nSPS) is 21.0. The maximum absolute atomic E-state index is 12.4. The Morgan fingerprint density at radius 3 is 3.05 bits per heavy atom. The maximum Gasteiger partial charge on any atom is 0.227 e. The lowest BCUT2D eigenvalue weighted by Gasteiger charge is -2.17. The van der Waals surface area contributed by atoms with Gasteiger partial charge < -0.3 is 11.1 Å². The number of tetrazole rings is 1. The molecular weight excluding hydrogens is 280 g/mol. The summed E-state index contributed by atoms with van der Waals surface area (Å²) in [5, 5.41) is 14.4. The second kappa shape index (κ2) is 6.23. The van der Waals surface area contributed by atoms with Crippen LogP contribution in [-0.4, -0.2) is 32.7 Å². The number of nitrogens with zero attached hydrogens (tertiary/aromatic N) is 4. The summed E-state index contributed by atoms with van der Waals surface area (Å²) in [5.74, 6) is 1.04. The summed E-state index contributed by atoms with van der Waals surface area (Å²) in [4.78, 5) is 12.4. The van der Waals surface area contributed by atoms with Crippen molar-refractivity contribution in [2.45, 2.75) is 19.3 Å². The smallest absolute Gasteiger partial charge is 0.227 e. The molecule has 0 bridgehead atoms. The largest absolute Gasteiger partial charge is 0.330 e. The highest BCUT2D eigenvalue weighted by Gasteiger charge is 2.31. The summed E-state index contributed by atoms with van der Waals surface area (Å²) in [6.45, 7) is 0.572. The zero-order chi connectivity index (χ0) is 15.5. The molecule has 1 aromatic heterocycles. The number of hydrogen-bond acceptors (Lipinski definition) is 5. The van der Waals surface area contributed by atoms with Crippen LogP contribution in [0.2, 0.25) is 0 Å². The summed E-state index contributed by atoms with van der Waals surface area (Å²) in [5.41, 5.74) is 7.38. The van der Waals surface area contributed by atoms with E-state index < -0.39 is 0 Å². The molecule has 7 heteroatoms. The molecule has 1 aliphatic rings. The number of carbonyl (C=O) groups excluding carboxylic acids is 1. The van der Waals surface area contributed by atoms with Crippen molar-refractivity contribution in [3.05, 3.63) is 24.3 Å². The first-order valence-corrected chi connectivity index (χ1v) is 7.52. The van der Waals surface area contributed by atoms with Gasteiger partial charge in [0.05, 0.1) is 0 Å². The molecule has 3 rings (SSSR count). The van der Waals surface area contributed by atoms with E-state index in [2.05, 4.69) is 20.8 Å². The number of rotatable bonds is 4. The van der Waals surface area contributed by atoms with E-state index >= 15 is 0 Å². The molecule has 0 spiro atoms. The van der Waals surface area contributed by atoms with E-state index in [0.29, 0.717) is 18.3 Å². The van der Waals surface area contributed by atoms with Crippen LogP contribution in [-0.2, 0) is 11.8 Å². The summed E-state index contributed by atoms with van der Waals surface area (Å²) >= 11 is 0. The third-order valence-corrected chi connectivity index (χ3v) is 4.31. The molecule has 1 saturated carbocycles. The fourth-order valence-electron chi connectivity index (χ4n) is 3.11. The van der Waals surface area contributed by atoms with Gasteiger partial charge in [0.25, 0.3) is 0 Å². The van der Waals surface area contributed by atoms with Crippen LogP contribution in [0.1, 0.15) is 19.3 Å². The Bertz CT molecular complexity index is 668. The molecule has 0 radical (unpaired) electrons. The zero-order valence-corrected chi connectivity index (χ0v) is 12.6. The lowest BCUT2D eigenvalue weighted by Crippen LogP contribution is -2.29. The third kappa shape index (κ3) is 2.85. The molecule has 1 fully saturated rings. The van der Waals surface area contributed by atoms with Gasteiger partial charge in [0.15, 0.2) is 5.82 Å². The first-order valence-electron chi connectivity index (χ1n) is 7.52. The minimum atomic E-state index is 0.0187. The van der Waals surface area contributed by atoms with E-state index in [-0.39, 0.29) is 11.8 Å². The predicted molar refractivity (Wildman–Crippen MR) is 82.7 cm³/mol. The van der Waals surface area contributed by atoms with E-state index in [1.54, 1.807) is 11.7 Å². The summed E-state index contributed by atoms with van der Waals surface area (Å²) in [6, 6.07) is 7.56. The topological polar surface area (TPSA) is 98.7 Å². The number of benzene rings is 1. The van der Waals surface area contributed by atoms with E-state index in [4.69, 9.17) is 5.73 Å². The zero-order valence-electron chi connectivity index (χ0n) is 12.6. The summed E-state index contributed by atoms with van der Waals surface area (Å²) < 4.78 is 1.60. The van der Waals surface area contributed by atoms with Gasteiger partial charge in [-0.3, -0.25) is 4.79 Å². The summed E-state index contributed by atoms with van der Waals surface area (Å²) in [7, 11) is 1.78. The monoisotopic (exact) mass is 300 g/mol. The molecule has 1 aromatic carbocycles. The first-order chi connectivity index (χ1) is 10.7. The Labute approximate surface area is 128 Å². The highest BCUT2D eigenvalue weighted by molar-refractivity contribution is 5.93. The van der Waals surface area contributed by atoms with Crippen molar-refractivity contribution in [1.29, 1.82) is 0 Å². The number of aryl methyl sites for hydroxylation is 1. The molecule has 3 N–H and O–H groups in total. The number of nitrogens with two attached hydrogens (primary N) is 1. The fourth-order valence-corrected chi connectivity index (χ4v) is 3.11. The van der Waals surface area contributed by atoms with E-state index in [1.165, 1.54) is 0 Å². The average molecular weight is 300 g/mol. The Balaban J connectivity index is 1.76. The molecule has 116 valence electrons. The Morgan fingerprint density at radius 2 is 2.32 bits per heavy atom. The Kier molecular flexibility index (Phi) is 4.15. The van der Waals surface area contributed by atoms with Crippen molar-refractivity contribution in [3.63, 3.8) is 0 Å². The molecule has 2 aromatic rings. The molecule has 7 nitrogen and oxygen atoms in total. The molecule has 22 heavy (non-hydrogen) atoms. The van der Waals surface area contributed by atoms with Crippen LogP contribution >= 0.6 is 0 Å². The van der Waals surface area contributed by atoms with E-state index in [0.717, 1.165) is 30.5 Å². The van der Waals surface area contributed by atoms with Gasteiger partial charge >= 0.3 is 0 Å². The van der Waals surface area contributed by atoms with Gasteiger partial charge in [0.2, 0.25) is 5.91 Å². The fraction of sp³-hybridized carbons (Fsp3) is 0.467. The number of aromatic nitrogens is 4. The number of amides is 1. The molecule has 1 amide bonds. The van der Waals surface area contributed by atoms with Crippen LogP contribution in [0.25, 0.3) is 11.4 Å². The van der Waals surface area contributed by atoms with Crippen LogP contribution in [0, 0.1) is 11.8 Å². The highest BCUT2D eigenvalue weighted by atomic mass is 16.1. The minimum Gasteiger partial charge on any atom is -0.330 e. The molecular formula is C15H20N6O. The van der Waals surface area contributed by atoms with Crippen molar-refractivity contribution >= 4 is 11.6 Å². The first kappa shape index (κ1) is 14.6. The predicted octanol–water partition coefficient (Wildman–Crippen LogP) is 1.19. The molecule has 1 heterocycles. The lowest BCUT2D eigenvalue weighted by molar-refractivity contribution is -0.120. The number of anilines is 1. The minimum absolute atomic E-state index is 0.0187. The number of hydrogen-bond donors (Lipinski definition) is 2. The second-order valence-corrected chi connectivity index (χ2v) is 5.73. The quantitative estimate of drug-likeness (QED) is 0.883. The van der Waals surface area contributed by atoms with Gasteiger partial charge in [-0.15, -0.1) is 5.10 Å². The van der Waals surface area contributed by atoms with Crippen LogP contribution in [0.15, 0.2) is 24.3 Å². The third-order valence-electron chi connectivity index (χ3n) is 4.31. The second-order valence-electron chi connectivity index (χ2n) is 5.73. The van der Waals surface area contributed by atoms with Crippen molar-refractivity contribution in [3.8, 4) is 11.4 Å². The van der Waals surface area contributed by atoms with Crippen LogP contribution in [0.3, 0.4) is 0 Å². The highest BCUT2D eigenvalue weighted by Crippen LogP contribution is 2.32. The van der Waals surface area contributed by atoms with E-state index in [1.807, 2.05) is 24.3 Å². The molecule has 0 saturated heterocycles. The van der Waals surface area contributed by atoms with Crippen molar-refractivity contribution < 1.29 is 4.79 Å². The van der Waals surface area contributed by atoms with Gasteiger partial charge in [0, 0.05) is 24.2 Å². The molecule has 1 aliphatic carbocycles. The van der Waals surface area contributed by atoms with Gasteiger partial charge in [-0.2, -0.15) is 0 Å². The van der Waals surface area contributed by atoms with Crippen molar-refractivity contribution in [2.24, 2.45) is 24.6 Å². The summed E-state index contributed by atoms with van der Waals surface area (Å²) in [6.07, 6.45) is 3.03. The van der Waals surface area contributed by atoms with Gasteiger partial charge in [-0.25, -0.2) is 4.68 Å². The number of carbonyl (C=O) groups is 1. The van der Waals surface area contributed by atoms with Crippen LogP contribution in [0.5, 0.6) is 0 Å². The molecule has 0 aliphatic heterocycles. The van der Waals surface area contributed by atoms with Gasteiger partial charge in [-0.1, -0.05) is 18.6 Å². The maximum atomic E-state index is 12.4. The van der Waals surface area contributed by atoms with Crippen LogP contribution < -0.4 is 11.1 Å². The Morgan fingerprint density at radius 1 is 1.45 bits per heavy atom. The van der Waals surface area contributed by atoms with E-state index in [9.17, 15) is 4.79 Å². The standard InChI is InChI=1S/C15H20N6O/c1-21-14(18-19-20-21)10-4-2-6-12(8-10)17-15(22)13-7-3-5-11(13)9-16/h2,4,6,8,11,13H,3,5,7,9,16H2,1H3,(H,17,22)/t11-,13-/m1/s1.